The summed E-state index contributed by atoms with van der Waals surface area (Å²) in [5, 5.41) is 0. The molecule has 0 aromatic rings. The molecule has 1 aliphatic rings. The lowest BCUT2D eigenvalue weighted by Crippen LogP contribution is -2.18. The highest BCUT2D eigenvalue weighted by Crippen LogP contribution is 2.27. The van der Waals surface area contributed by atoms with E-state index in [1.807, 2.05) is 0 Å². The maximum absolute atomic E-state index is 5.93. The topological polar surface area (TPSA) is 26.0 Å². The molecule has 0 aromatic heterocycles. The van der Waals surface area contributed by atoms with Gasteiger partial charge in [0, 0.05) is 6.04 Å². The Bertz CT molecular complexity index is 120. The minimum Gasteiger partial charge on any atom is -0.328 e. The van der Waals surface area contributed by atoms with Gasteiger partial charge in [0.05, 0.1) is 0 Å². The third-order valence-corrected chi connectivity index (χ3v) is 2.94. The van der Waals surface area contributed by atoms with E-state index in [0.717, 1.165) is 11.8 Å². The van der Waals surface area contributed by atoms with Crippen molar-refractivity contribution >= 4 is 0 Å². The molecule has 2 unspecified atom stereocenters. The third-order valence-electron chi connectivity index (χ3n) is 2.94. The molecule has 1 rings (SSSR count). The van der Waals surface area contributed by atoms with Crippen LogP contribution in [0.1, 0.15) is 52.4 Å². The van der Waals surface area contributed by atoms with E-state index in [2.05, 4.69) is 13.8 Å². The van der Waals surface area contributed by atoms with Gasteiger partial charge >= 0.3 is 0 Å². The number of rotatable bonds is 2. The van der Waals surface area contributed by atoms with Gasteiger partial charge in [0.25, 0.3) is 0 Å². The second kappa shape index (κ2) is 4.86. The summed E-state index contributed by atoms with van der Waals surface area (Å²) in [5.74, 6) is 1.84. The highest BCUT2D eigenvalue weighted by molar-refractivity contribution is 4.72. The molecular formula is C11H23N. The fourth-order valence-corrected chi connectivity index (χ4v) is 2.31. The van der Waals surface area contributed by atoms with Gasteiger partial charge in [0.2, 0.25) is 0 Å². The van der Waals surface area contributed by atoms with E-state index in [1.54, 1.807) is 0 Å². The Morgan fingerprint density at radius 2 is 1.92 bits per heavy atom. The first-order valence-corrected chi connectivity index (χ1v) is 5.44. The van der Waals surface area contributed by atoms with Gasteiger partial charge in [-0.2, -0.15) is 0 Å². The summed E-state index contributed by atoms with van der Waals surface area (Å²) in [6.07, 6.45) is 8.09. The van der Waals surface area contributed by atoms with Gasteiger partial charge < -0.3 is 5.73 Å². The first-order valence-electron chi connectivity index (χ1n) is 5.44. The summed E-state index contributed by atoms with van der Waals surface area (Å²) < 4.78 is 0. The molecule has 1 saturated carbocycles. The van der Waals surface area contributed by atoms with E-state index in [4.69, 9.17) is 5.73 Å². The van der Waals surface area contributed by atoms with Crippen molar-refractivity contribution in [3.8, 4) is 0 Å². The van der Waals surface area contributed by atoms with Crippen molar-refractivity contribution in [2.24, 2.45) is 17.6 Å². The second-order valence-corrected chi connectivity index (χ2v) is 4.76. The van der Waals surface area contributed by atoms with E-state index in [9.17, 15) is 0 Å². The summed E-state index contributed by atoms with van der Waals surface area (Å²) in [7, 11) is 0. The Hall–Kier alpha value is -0.0400. The molecule has 0 amide bonds. The Morgan fingerprint density at radius 1 is 1.17 bits per heavy atom. The molecule has 0 spiro atoms. The number of hydrogen-bond donors (Lipinski definition) is 1. The highest BCUT2D eigenvalue weighted by atomic mass is 14.6. The fraction of sp³-hybridized carbons (Fsp3) is 1.00. The maximum atomic E-state index is 5.93. The van der Waals surface area contributed by atoms with E-state index < -0.39 is 0 Å². The summed E-state index contributed by atoms with van der Waals surface area (Å²) in [6.45, 7) is 4.65. The molecule has 0 aliphatic heterocycles. The summed E-state index contributed by atoms with van der Waals surface area (Å²) in [5.41, 5.74) is 5.93. The van der Waals surface area contributed by atoms with Gasteiger partial charge in [-0.15, -0.1) is 0 Å². The molecule has 0 radical (unpaired) electrons. The highest BCUT2D eigenvalue weighted by Gasteiger charge is 2.16. The predicted molar refractivity (Wildman–Crippen MR) is 54.0 cm³/mol. The van der Waals surface area contributed by atoms with Crippen LogP contribution in [0.3, 0.4) is 0 Å². The van der Waals surface area contributed by atoms with E-state index in [-0.39, 0.29) is 0 Å². The van der Waals surface area contributed by atoms with Gasteiger partial charge in [-0.3, -0.25) is 0 Å². The van der Waals surface area contributed by atoms with Gasteiger partial charge in [-0.25, -0.2) is 0 Å². The average Bonchev–Trinajstić information content (AvgIpc) is 2.15. The van der Waals surface area contributed by atoms with Gasteiger partial charge in [-0.1, -0.05) is 26.7 Å². The lowest BCUT2D eigenvalue weighted by molar-refractivity contribution is 0.368. The van der Waals surface area contributed by atoms with Crippen molar-refractivity contribution < 1.29 is 0 Å². The second-order valence-electron chi connectivity index (χ2n) is 4.76. The third kappa shape index (κ3) is 3.57. The zero-order chi connectivity index (χ0) is 8.97. The molecule has 1 nitrogen and oxygen atoms in total. The molecule has 1 heteroatoms. The van der Waals surface area contributed by atoms with Crippen LogP contribution in [0.25, 0.3) is 0 Å². The van der Waals surface area contributed by atoms with Crippen LogP contribution in [0.15, 0.2) is 0 Å². The normalized spacial score (nSPS) is 32.0. The minimum absolute atomic E-state index is 0.502. The molecule has 1 aliphatic carbocycles. The molecule has 1 fully saturated rings. The monoisotopic (exact) mass is 169 g/mol. The molecule has 2 atom stereocenters. The Balaban J connectivity index is 2.26. The molecule has 0 saturated heterocycles. The molecule has 72 valence electrons. The average molecular weight is 169 g/mol. The van der Waals surface area contributed by atoms with Crippen LogP contribution in [0.2, 0.25) is 0 Å². The van der Waals surface area contributed by atoms with Gasteiger partial charge in [0.15, 0.2) is 0 Å². The molecule has 0 bridgehead atoms. The van der Waals surface area contributed by atoms with Crippen LogP contribution in [-0.2, 0) is 0 Å². The zero-order valence-corrected chi connectivity index (χ0v) is 8.55. The van der Waals surface area contributed by atoms with Crippen LogP contribution < -0.4 is 5.73 Å². The lowest BCUT2D eigenvalue weighted by Gasteiger charge is -2.15. The van der Waals surface area contributed by atoms with Crippen molar-refractivity contribution in [3.05, 3.63) is 0 Å². The Labute approximate surface area is 76.7 Å². The summed E-state index contributed by atoms with van der Waals surface area (Å²) >= 11 is 0. The van der Waals surface area contributed by atoms with Crippen molar-refractivity contribution in [2.75, 3.05) is 0 Å². The number of hydrogen-bond acceptors (Lipinski definition) is 1. The van der Waals surface area contributed by atoms with Gasteiger partial charge in [0.1, 0.15) is 0 Å². The first-order chi connectivity index (χ1) is 5.68. The quantitative estimate of drug-likeness (QED) is 0.632. The largest absolute Gasteiger partial charge is 0.328 e. The standard InChI is InChI=1S/C11H23N/c1-9(2)8-10-4-3-5-11(12)7-6-10/h9-11H,3-8,12H2,1-2H3. The van der Waals surface area contributed by atoms with Gasteiger partial charge in [-0.05, 0) is 37.5 Å². The van der Waals surface area contributed by atoms with Crippen LogP contribution >= 0.6 is 0 Å². The summed E-state index contributed by atoms with van der Waals surface area (Å²) in [4.78, 5) is 0. The molecular weight excluding hydrogens is 146 g/mol. The van der Waals surface area contributed by atoms with E-state index >= 15 is 0 Å². The summed E-state index contributed by atoms with van der Waals surface area (Å²) in [6, 6.07) is 0.502. The maximum Gasteiger partial charge on any atom is 0.00389 e. The van der Waals surface area contributed by atoms with Crippen molar-refractivity contribution in [2.45, 2.75) is 58.4 Å². The molecule has 0 heterocycles. The zero-order valence-electron chi connectivity index (χ0n) is 8.55. The van der Waals surface area contributed by atoms with Crippen LogP contribution in [0.4, 0.5) is 0 Å². The van der Waals surface area contributed by atoms with E-state index in [0.29, 0.717) is 6.04 Å². The number of nitrogens with two attached hydrogens (primary N) is 1. The minimum atomic E-state index is 0.502. The van der Waals surface area contributed by atoms with Crippen molar-refractivity contribution in [3.63, 3.8) is 0 Å². The lowest BCUT2D eigenvalue weighted by atomic mass is 9.91. The molecule has 0 aromatic carbocycles. The molecule has 2 N–H and O–H groups in total. The fourth-order valence-electron chi connectivity index (χ4n) is 2.31. The first kappa shape index (κ1) is 10.0. The Morgan fingerprint density at radius 3 is 2.58 bits per heavy atom. The van der Waals surface area contributed by atoms with Crippen molar-refractivity contribution in [1.82, 2.24) is 0 Å². The Kier molecular flexibility index (Phi) is 4.07. The van der Waals surface area contributed by atoms with Crippen LogP contribution in [0.5, 0.6) is 0 Å². The van der Waals surface area contributed by atoms with E-state index in [1.165, 1.54) is 38.5 Å². The van der Waals surface area contributed by atoms with Crippen LogP contribution in [0, 0.1) is 11.8 Å². The SMILES string of the molecule is CC(C)CC1CCCC(N)CC1. The van der Waals surface area contributed by atoms with Crippen molar-refractivity contribution in [1.29, 1.82) is 0 Å². The molecule has 12 heavy (non-hydrogen) atoms. The smallest absolute Gasteiger partial charge is 0.00389 e. The predicted octanol–water partition coefficient (Wildman–Crippen LogP) is 2.94. The van der Waals surface area contributed by atoms with Crippen LogP contribution in [-0.4, -0.2) is 6.04 Å².